The van der Waals surface area contributed by atoms with Crippen LogP contribution in [0, 0.1) is 22.7 Å². The van der Waals surface area contributed by atoms with Crippen LogP contribution in [0.5, 0.6) is 0 Å². The van der Waals surface area contributed by atoms with E-state index in [-0.39, 0.29) is 30.0 Å². The Morgan fingerprint density at radius 1 is 1.33 bits per heavy atom. The normalized spacial score (nSPS) is 39.1. The number of allylic oxidation sites excluding steroid dienone is 1. The number of esters is 1. The molecule has 1 fully saturated rings. The molecule has 3 aliphatic rings. The maximum absolute atomic E-state index is 11.3. The molecule has 134 valence electrons. The average Bonchev–Trinajstić information content (AvgIpc) is 3.01. The quantitative estimate of drug-likeness (QED) is 0.599. The number of cyclic esters (lactones) is 1. The Balaban J connectivity index is 1.86. The highest BCUT2D eigenvalue weighted by molar-refractivity contribution is 5.85. The maximum atomic E-state index is 11.3. The summed E-state index contributed by atoms with van der Waals surface area (Å²) in [7, 11) is 0. The van der Waals surface area contributed by atoms with Crippen LogP contribution in [0.4, 0.5) is 0 Å². The molecule has 4 unspecified atom stereocenters. The summed E-state index contributed by atoms with van der Waals surface area (Å²) < 4.78 is 5.03. The lowest BCUT2D eigenvalue weighted by atomic mass is 9.46. The van der Waals surface area contributed by atoms with Gasteiger partial charge in [-0.1, -0.05) is 19.9 Å². The first-order valence-corrected chi connectivity index (χ1v) is 9.23. The number of carbonyl (C=O) groups excluding carboxylic acids is 1. The van der Waals surface area contributed by atoms with Crippen molar-refractivity contribution in [1.82, 2.24) is 0 Å². The summed E-state index contributed by atoms with van der Waals surface area (Å²) in [4.78, 5) is 11.3. The molecule has 0 aromatic heterocycles. The van der Waals surface area contributed by atoms with Gasteiger partial charge in [0.25, 0.3) is 0 Å². The molecule has 4 nitrogen and oxygen atoms in total. The van der Waals surface area contributed by atoms with Crippen molar-refractivity contribution in [2.75, 3.05) is 19.8 Å². The first kappa shape index (κ1) is 17.7. The van der Waals surface area contributed by atoms with Crippen molar-refractivity contribution in [3.8, 4) is 0 Å². The van der Waals surface area contributed by atoms with E-state index in [4.69, 9.17) is 4.74 Å². The number of carbonyl (C=O) groups is 1. The molecular formula is C20H30O4. The SMILES string of the molecule is CC1CCC2(CO)C(CO)=CCCC2C1(C)CCC1=CC(=O)OC1. The Bertz CT molecular complexity index is 564. The van der Waals surface area contributed by atoms with Gasteiger partial charge < -0.3 is 14.9 Å². The van der Waals surface area contributed by atoms with E-state index in [1.165, 1.54) is 0 Å². The summed E-state index contributed by atoms with van der Waals surface area (Å²) in [5.41, 5.74) is 1.97. The van der Waals surface area contributed by atoms with E-state index in [0.717, 1.165) is 49.7 Å². The Labute approximate surface area is 144 Å². The third-order valence-corrected chi connectivity index (χ3v) is 7.26. The number of hydrogen-bond acceptors (Lipinski definition) is 4. The molecule has 4 atom stereocenters. The fourth-order valence-corrected chi connectivity index (χ4v) is 5.49. The molecule has 24 heavy (non-hydrogen) atoms. The van der Waals surface area contributed by atoms with Crippen LogP contribution in [-0.2, 0) is 9.53 Å². The molecule has 2 aliphatic carbocycles. The second-order valence-electron chi connectivity index (χ2n) is 8.19. The highest BCUT2D eigenvalue weighted by atomic mass is 16.5. The second-order valence-corrected chi connectivity index (χ2v) is 8.19. The fraction of sp³-hybridized carbons (Fsp3) is 0.750. The van der Waals surface area contributed by atoms with Crippen LogP contribution in [0.3, 0.4) is 0 Å². The zero-order valence-corrected chi connectivity index (χ0v) is 14.9. The minimum absolute atomic E-state index is 0.0506. The van der Waals surface area contributed by atoms with Gasteiger partial charge in [-0.15, -0.1) is 0 Å². The summed E-state index contributed by atoms with van der Waals surface area (Å²) in [5, 5.41) is 20.1. The average molecular weight is 334 g/mol. The van der Waals surface area contributed by atoms with Crippen molar-refractivity contribution >= 4 is 5.97 Å². The van der Waals surface area contributed by atoms with Gasteiger partial charge in [0.1, 0.15) is 6.61 Å². The van der Waals surface area contributed by atoms with E-state index in [1.54, 1.807) is 6.08 Å². The van der Waals surface area contributed by atoms with Crippen molar-refractivity contribution in [1.29, 1.82) is 0 Å². The van der Waals surface area contributed by atoms with Gasteiger partial charge in [0.05, 0.1) is 13.2 Å². The number of aliphatic hydroxyl groups is 2. The zero-order valence-electron chi connectivity index (χ0n) is 14.9. The predicted octanol–water partition coefficient (Wildman–Crippen LogP) is 2.99. The van der Waals surface area contributed by atoms with E-state index in [2.05, 4.69) is 19.9 Å². The molecule has 0 saturated heterocycles. The Kier molecular flexibility index (Phi) is 4.89. The minimum Gasteiger partial charge on any atom is -0.458 e. The molecule has 2 N–H and O–H groups in total. The smallest absolute Gasteiger partial charge is 0.331 e. The highest BCUT2D eigenvalue weighted by Gasteiger charge is 2.55. The van der Waals surface area contributed by atoms with Crippen molar-refractivity contribution in [2.45, 2.75) is 52.4 Å². The van der Waals surface area contributed by atoms with Gasteiger partial charge >= 0.3 is 5.97 Å². The van der Waals surface area contributed by atoms with Gasteiger partial charge in [-0.05, 0) is 66.9 Å². The van der Waals surface area contributed by atoms with E-state index in [0.29, 0.717) is 18.4 Å². The van der Waals surface area contributed by atoms with Crippen LogP contribution in [-0.4, -0.2) is 36.0 Å². The maximum Gasteiger partial charge on any atom is 0.331 e. The zero-order chi connectivity index (χ0) is 17.4. The topological polar surface area (TPSA) is 66.8 Å². The largest absolute Gasteiger partial charge is 0.458 e. The minimum atomic E-state index is -0.259. The summed E-state index contributed by atoms with van der Waals surface area (Å²) in [6.07, 6.45) is 9.74. The first-order valence-electron chi connectivity index (χ1n) is 9.23. The number of ether oxygens (including phenoxy) is 1. The van der Waals surface area contributed by atoms with E-state index >= 15 is 0 Å². The highest BCUT2D eigenvalue weighted by Crippen LogP contribution is 2.61. The third kappa shape index (κ3) is 2.74. The standard InChI is InChI=1S/C20H30O4/c1-14-6-9-20(13-22)16(11-21)4-3-5-17(20)19(14,2)8-7-15-10-18(23)24-12-15/h4,10,14,17,21-22H,3,5-9,11-13H2,1-2H3. The Hall–Kier alpha value is -1.13. The summed E-state index contributed by atoms with van der Waals surface area (Å²) in [5.74, 6) is 0.725. The van der Waals surface area contributed by atoms with Crippen molar-refractivity contribution < 1.29 is 19.7 Å². The molecule has 1 heterocycles. The lowest BCUT2D eigenvalue weighted by Crippen LogP contribution is -2.53. The second kappa shape index (κ2) is 6.64. The summed E-state index contributed by atoms with van der Waals surface area (Å²) in [6, 6.07) is 0. The third-order valence-electron chi connectivity index (χ3n) is 7.26. The first-order chi connectivity index (χ1) is 11.5. The van der Waals surface area contributed by atoms with Crippen LogP contribution in [0.2, 0.25) is 0 Å². The molecule has 0 radical (unpaired) electrons. The monoisotopic (exact) mass is 334 g/mol. The van der Waals surface area contributed by atoms with Gasteiger partial charge in [-0.25, -0.2) is 4.79 Å². The molecule has 0 aromatic carbocycles. The lowest BCUT2D eigenvalue weighted by molar-refractivity contribution is -0.134. The Morgan fingerprint density at radius 3 is 2.75 bits per heavy atom. The van der Waals surface area contributed by atoms with Crippen molar-refractivity contribution in [3.63, 3.8) is 0 Å². The van der Waals surface area contributed by atoms with E-state index in [9.17, 15) is 15.0 Å². The summed E-state index contributed by atoms with van der Waals surface area (Å²) in [6.45, 7) is 5.28. The molecule has 0 spiro atoms. The number of aliphatic hydroxyl groups excluding tert-OH is 2. The van der Waals surface area contributed by atoms with Gasteiger partial charge in [-0.2, -0.15) is 0 Å². The van der Waals surface area contributed by atoms with E-state index < -0.39 is 0 Å². The van der Waals surface area contributed by atoms with Crippen LogP contribution in [0.25, 0.3) is 0 Å². The number of fused-ring (bicyclic) bond motifs is 1. The van der Waals surface area contributed by atoms with Gasteiger partial charge in [0, 0.05) is 11.5 Å². The Morgan fingerprint density at radius 2 is 2.12 bits per heavy atom. The lowest BCUT2D eigenvalue weighted by Gasteiger charge is -2.59. The number of hydrogen-bond donors (Lipinski definition) is 2. The van der Waals surface area contributed by atoms with Crippen molar-refractivity contribution in [3.05, 3.63) is 23.3 Å². The molecule has 1 saturated carbocycles. The van der Waals surface area contributed by atoms with Gasteiger partial charge in [0.15, 0.2) is 0 Å². The van der Waals surface area contributed by atoms with E-state index in [1.807, 2.05) is 0 Å². The van der Waals surface area contributed by atoms with Gasteiger partial charge in [0.2, 0.25) is 0 Å². The fourth-order valence-electron chi connectivity index (χ4n) is 5.49. The van der Waals surface area contributed by atoms with Crippen LogP contribution < -0.4 is 0 Å². The predicted molar refractivity (Wildman–Crippen MR) is 92.2 cm³/mol. The molecule has 4 heteroatoms. The molecular weight excluding hydrogens is 304 g/mol. The van der Waals surface area contributed by atoms with Crippen LogP contribution >= 0.6 is 0 Å². The van der Waals surface area contributed by atoms with Crippen molar-refractivity contribution in [2.24, 2.45) is 22.7 Å². The molecule has 0 aromatic rings. The number of rotatable bonds is 5. The summed E-state index contributed by atoms with van der Waals surface area (Å²) >= 11 is 0. The molecule has 0 amide bonds. The van der Waals surface area contributed by atoms with Crippen LogP contribution in [0.15, 0.2) is 23.3 Å². The van der Waals surface area contributed by atoms with Crippen LogP contribution in [0.1, 0.15) is 52.4 Å². The van der Waals surface area contributed by atoms with Gasteiger partial charge in [-0.3, -0.25) is 0 Å². The molecule has 1 aliphatic heterocycles. The molecule has 0 bridgehead atoms. The molecule has 3 rings (SSSR count).